The molecule has 2 rings (SSSR count). The zero-order valence-electron chi connectivity index (χ0n) is 8.05. The second kappa shape index (κ2) is 5.09. The molecule has 0 atom stereocenters. The molecule has 0 fully saturated rings. The predicted octanol–water partition coefficient (Wildman–Crippen LogP) is 3.98. The average molecular weight is 369 g/mol. The van der Waals surface area contributed by atoms with Gasteiger partial charge >= 0.3 is 0 Å². The van der Waals surface area contributed by atoms with Crippen LogP contribution < -0.4 is 0 Å². The monoisotopic (exact) mass is 370 g/mol. The number of allylic oxidation sites excluding steroid dienone is 4. The van der Waals surface area contributed by atoms with Crippen LogP contribution in [0.4, 0.5) is 0 Å². The maximum Gasteiger partial charge on any atom is 0.0254 e. The zero-order valence-corrected chi connectivity index (χ0v) is 12.4. The van der Waals surface area contributed by atoms with Gasteiger partial charge in [-0.2, -0.15) is 0 Å². The van der Waals surface area contributed by atoms with Crippen LogP contribution in [-0.4, -0.2) is 0 Å². The van der Waals surface area contributed by atoms with Crippen LogP contribution in [0.25, 0.3) is 5.57 Å². The van der Waals surface area contributed by atoms with Crippen molar-refractivity contribution in [3.8, 4) is 0 Å². The van der Waals surface area contributed by atoms with Crippen LogP contribution in [0, 0.1) is 0 Å². The van der Waals surface area contributed by atoms with Gasteiger partial charge < -0.3 is 0 Å². The van der Waals surface area contributed by atoms with E-state index in [-0.39, 0.29) is 25.8 Å². The first-order chi connectivity index (χ1) is 6.27. The molecule has 14 heavy (non-hydrogen) atoms. The fraction of sp³-hybridized carbons (Fsp3) is 0.167. The maximum absolute atomic E-state index is 6.03. The second-order valence-corrected chi connectivity index (χ2v) is 3.76. The van der Waals surface area contributed by atoms with Crippen molar-refractivity contribution in [2.75, 3.05) is 0 Å². The van der Waals surface area contributed by atoms with Gasteiger partial charge in [0, 0.05) is 37.3 Å². The summed E-state index contributed by atoms with van der Waals surface area (Å²) in [6.07, 6.45) is 3.05. The molecule has 0 N–H and O–H groups in total. The fourth-order valence-electron chi connectivity index (χ4n) is 1.53. The summed E-state index contributed by atoms with van der Waals surface area (Å²) < 4.78 is 0. The molecular formula is C12H11ClHf. The molecule has 0 saturated heterocycles. The van der Waals surface area contributed by atoms with Crippen LogP contribution in [0.2, 0.25) is 0 Å². The Morgan fingerprint density at radius 2 is 1.79 bits per heavy atom. The molecule has 70 valence electrons. The molecule has 1 aromatic rings. The second-order valence-electron chi connectivity index (χ2n) is 3.30. The van der Waals surface area contributed by atoms with Gasteiger partial charge in [0.15, 0.2) is 0 Å². The van der Waals surface area contributed by atoms with Gasteiger partial charge in [-0.1, -0.05) is 48.0 Å². The van der Waals surface area contributed by atoms with E-state index in [2.05, 4.69) is 37.3 Å². The quantitative estimate of drug-likeness (QED) is 0.657. The normalized spacial score (nSPS) is 15.1. The van der Waals surface area contributed by atoms with Gasteiger partial charge in [0.2, 0.25) is 0 Å². The summed E-state index contributed by atoms with van der Waals surface area (Å²) >= 11 is 6.03. The van der Waals surface area contributed by atoms with Gasteiger partial charge in [-0.15, -0.1) is 0 Å². The molecule has 0 aliphatic heterocycles. The van der Waals surface area contributed by atoms with E-state index < -0.39 is 0 Å². The molecule has 1 aliphatic carbocycles. The van der Waals surface area contributed by atoms with Crippen molar-refractivity contribution in [2.45, 2.75) is 13.3 Å². The Morgan fingerprint density at radius 3 is 2.29 bits per heavy atom. The van der Waals surface area contributed by atoms with E-state index in [9.17, 15) is 0 Å². The maximum atomic E-state index is 6.03. The molecule has 0 spiro atoms. The Morgan fingerprint density at radius 1 is 1.14 bits per heavy atom. The third-order valence-corrected chi connectivity index (χ3v) is 2.74. The number of hydrogen-bond donors (Lipinski definition) is 0. The van der Waals surface area contributed by atoms with Gasteiger partial charge in [-0.3, -0.25) is 0 Å². The van der Waals surface area contributed by atoms with Crippen LogP contribution >= 0.6 is 11.6 Å². The predicted molar refractivity (Wildman–Crippen MR) is 57.6 cm³/mol. The minimum Gasteiger partial charge on any atom is -0.0885 e. The van der Waals surface area contributed by atoms with Crippen molar-refractivity contribution in [1.29, 1.82) is 0 Å². The average Bonchev–Trinajstić information content (AvgIpc) is 2.49. The summed E-state index contributed by atoms with van der Waals surface area (Å²) in [6, 6.07) is 10.4. The summed E-state index contributed by atoms with van der Waals surface area (Å²) in [5.41, 5.74) is 3.79. The molecule has 0 bridgehead atoms. The number of hydrogen-bond acceptors (Lipinski definition) is 0. The van der Waals surface area contributed by atoms with E-state index in [1.165, 1.54) is 16.7 Å². The van der Waals surface area contributed by atoms with Crippen molar-refractivity contribution in [3.05, 3.63) is 52.6 Å². The molecular weight excluding hydrogens is 358 g/mol. The topological polar surface area (TPSA) is 0 Å². The van der Waals surface area contributed by atoms with Crippen LogP contribution in [0.15, 0.2) is 47.0 Å². The minimum absolute atomic E-state index is 0. The van der Waals surface area contributed by atoms with Crippen LogP contribution in [0.1, 0.15) is 18.9 Å². The van der Waals surface area contributed by atoms with Gasteiger partial charge in [0.05, 0.1) is 0 Å². The first kappa shape index (κ1) is 11.9. The first-order valence-corrected chi connectivity index (χ1v) is 4.76. The molecule has 0 nitrogen and oxygen atoms in total. The minimum atomic E-state index is 0. The molecule has 0 saturated carbocycles. The summed E-state index contributed by atoms with van der Waals surface area (Å²) in [7, 11) is 0. The molecule has 1 aromatic carbocycles. The van der Waals surface area contributed by atoms with Gasteiger partial charge in [-0.05, 0) is 23.6 Å². The number of rotatable bonds is 1. The van der Waals surface area contributed by atoms with Crippen molar-refractivity contribution < 1.29 is 25.8 Å². The van der Waals surface area contributed by atoms with Crippen molar-refractivity contribution in [1.82, 2.24) is 0 Å². The number of halogens is 1. The molecule has 1 aliphatic rings. The van der Waals surface area contributed by atoms with Crippen molar-refractivity contribution in [2.24, 2.45) is 0 Å². The van der Waals surface area contributed by atoms with E-state index in [0.29, 0.717) is 0 Å². The smallest absolute Gasteiger partial charge is 0.0254 e. The van der Waals surface area contributed by atoms with Crippen molar-refractivity contribution >= 4 is 17.2 Å². The third kappa shape index (κ3) is 2.46. The molecule has 0 unspecified atom stereocenters. The molecule has 0 radical (unpaired) electrons. The SMILES string of the molecule is CC1=C(Cl)CC(c2ccccc2)=C1.[Hf]. The van der Waals surface area contributed by atoms with Crippen LogP contribution in [0.3, 0.4) is 0 Å². The first-order valence-electron chi connectivity index (χ1n) is 4.38. The van der Waals surface area contributed by atoms with Crippen LogP contribution in [0.5, 0.6) is 0 Å². The van der Waals surface area contributed by atoms with Gasteiger partial charge in [-0.25, -0.2) is 0 Å². The Hall–Kier alpha value is -0.140. The Kier molecular flexibility index (Phi) is 4.33. The molecule has 0 aromatic heterocycles. The Labute approximate surface area is 108 Å². The summed E-state index contributed by atoms with van der Waals surface area (Å²) in [5, 5.41) is 0.971. The largest absolute Gasteiger partial charge is 0.0885 e. The van der Waals surface area contributed by atoms with E-state index >= 15 is 0 Å². The summed E-state index contributed by atoms with van der Waals surface area (Å²) in [6.45, 7) is 2.05. The van der Waals surface area contributed by atoms with E-state index in [4.69, 9.17) is 11.6 Å². The molecule has 0 amide bonds. The Bertz CT molecular complexity index is 377. The van der Waals surface area contributed by atoms with E-state index in [1.54, 1.807) is 0 Å². The van der Waals surface area contributed by atoms with Crippen LogP contribution in [-0.2, 0) is 25.8 Å². The van der Waals surface area contributed by atoms with E-state index in [0.717, 1.165) is 11.5 Å². The Balaban J connectivity index is 0.000000980. The van der Waals surface area contributed by atoms with Gasteiger partial charge in [0.1, 0.15) is 0 Å². The number of benzene rings is 1. The standard InChI is InChI=1S/C12H11Cl.Hf/c1-9-7-11(8-12(9)13)10-5-3-2-4-6-10;/h2-7H,8H2,1H3;. The molecule has 0 heterocycles. The molecule has 2 heteroatoms. The van der Waals surface area contributed by atoms with E-state index in [1.807, 2.05) is 6.07 Å². The van der Waals surface area contributed by atoms with Gasteiger partial charge in [0.25, 0.3) is 0 Å². The third-order valence-electron chi connectivity index (χ3n) is 2.31. The van der Waals surface area contributed by atoms with Crippen molar-refractivity contribution in [3.63, 3.8) is 0 Å². The summed E-state index contributed by atoms with van der Waals surface area (Å²) in [5.74, 6) is 0. The fourth-order valence-corrected chi connectivity index (χ4v) is 1.73. The zero-order chi connectivity index (χ0) is 9.26. The summed E-state index contributed by atoms with van der Waals surface area (Å²) in [4.78, 5) is 0.